The second-order valence-electron chi connectivity index (χ2n) is 6.79. The minimum absolute atomic E-state index is 0.0986. The van der Waals surface area contributed by atoms with Gasteiger partial charge in [-0.15, -0.1) is 0 Å². The lowest BCUT2D eigenvalue weighted by atomic mass is 10.2. The predicted octanol–water partition coefficient (Wildman–Crippen LogP) is 1.48. The average Bonchev–Trinajstić information content (AvgIpc) is 3.17. The number of aryl methyl sites for hydroxylation is 2. The van der Waals surface area contributed by atoms with Crippen LogP contribution in [0, 0.1) is 13.8 Å². The molecule has 9 nitrogen and oxygen atoms in total. The van der Waals surface area contributed by atoms with Gasteiger partial charge < -0.3 is 19.7 Å². The number of ether oxygens (including phenoxy) is 2. The fraction of sp³-hybridized carbons (Fsp3) is 0.556. The second-order valence-corrected chi connectivity index (χ2v) is 6.79. The Bertz CT molecular complexity index is 821. The SMILES string of the molecule is COC[C@H]1C[C@@H](OC)CN1c1cc(NC(C)=O)nc(-n2nc(C)cc2C)n1. The Morgan fingerprint density at radius 2 is 2.07 bits per heavy atom. The van der Waals surface area contributed by atoms with E-state index in [1.54, 1.807) is 25.0 Å². The number of carbonyl (C=O) groups is 1. The van der Waals surface area contributed by atoms with Gasteiger partial charge in [0.2, 0.25) is 5.91 Å². The smallest absolute Gasteiger partial charge is 0.254 e. The summed E-state index contributed by atoms with van der Waals surface area (Å²) in [4.78, 5) is 22.9. The van der Waals surface area contributed by atoms with E-state index in [1.165, 1.54) is 6.92 Å². The first-order chi connectivity index (χ1) is 12.9. The summed E-state index contributed by atoms with van der Waals surface area (Å²) >= 11 is 0. The molecule has 0 unspecified atom stereocenters. The maximum Gasteiger partial charge on any atom is 0.254 e. The number of carbonyl (C=O) groups excluding carboxylic acids is 1. The van der Waals surface area contributed by atoms with Crippen LogP contribution in [-0.4, -0.2) is 65.2 Å². The average molecular weight is 374 g/mol. The van der Waals surface area contributed by atoms with Crippen molar-refractivity contribution in [2.24, 2.45) is 0 Å². The topological polar surface area (TPSA) is 94.4 Å². The standard InChI is InChI=1S/C18H26N6O3/c1-11-6-12(2)24(22-11)18-20-16(19-13(3)25)8-17(21-18)23-9-15(27-5)7-14(23)10-26-4/h6,8,14-15H,7,9-10H2,1-5H3,(H,19,20,21,25)/t14-,15-/m1/s1. The Labute approximate surface area is 158 Å². The Balaban J connectivity index is 2.04. The summed E-state index contributed by atoms with van der Waals surface area (Å²) in [5.41, 5.74) is 1.79. The van der Waals surface area contributed by atoms with Crippen LogP contribution in [0.2, 0.25) is 0 Å². The van der Waals surface area contributed by atoms with Crippen LogP contribution >= 0.6 is 0 Å². The third kappa shape index (κ3) is 4.25. The maximum absolute atomic E-state index is 11.6. The van der Waals surface area contributed by atoms with Crippen molar-refractivity contribution in [1.82, 2.24) is 19.7 Å². The largest absolute Gasteiger partial charge is 0.383 e. The predicted molar refractivity (Wildman–Crippen MR) is 101 cm³/mol. The van der Waals surface area contributed by atoms with Crippen molar-refractivity contribution in [2.45, 2.75) is 39.3 Å². The molecule has 1 aliphatic heterocycles. The number of amides is 1. The molecule has 0 aliphatic carbocycles. The van der Waals surface area contributed by atoms with E-state index in [-0.39, 0.29) is 18.1 Å². The molecule has 27 heavy (non-hydrogen) atoms. The van der Waals surface area contributed by atoms with Crippen LogP contribution in [0.4, 0.5) is 11.6 Å². The van der Waals surface area contributed by atoms with Gasteiger partial charge in [-0.1, -0.05) is 0 Å². The number of methoxy groups -OCH3 is 2. The molecule has 3 rings (SSSR count). The summed E-state index contributed by atoms with van der Waals surface area (Å²) in [7, 11) is 3.39. The first-order valence-corrected chi connectivity index (χ1v) is 8.90. The molecular formula is C18H26N6O3. The molecule has 1 amide bonds. The van der Waals surface area contributed by atoms with Crippen molar-refractivity contribution in [3.05, 3.63) is 23.5 Å². The Hall–Kier alpha value is -2.52. The van der Waals surface area contributed by atoms with Gasteiger partial charge >= 0.3 is 0 Å². The van der Waals surface area contributed by atoms with Gasteiger partial charge in [-0.25, -0.2) is 4.68 Å². The van der Waals surface area contributed by atoms with E-state index in [1.807, 2.05) is 19.9 Å². The van der Waals surface area contributed by atoms with E-state index in [0.717, 1.165) is 17.8 Å². The highest BCUT2D eigenvalue weighted by atomic mass is 16.5. The van der Waals surface area contributed by atoms with Crippen LogP contribution in [0.15, 0.2) is 12.1 Å². The fourth-order valence-corrected chi connectivity index (χ4v) is 3.42. The highest BCUT2D eigenvalue weighted by Crippen LogP contribution is 2.28. The van der Waals surface area contributed by atoms with Crippen molar-refractivity contribution in [1.29, 1.82) is 0 Å². The second kappa shape index (κ2) is 8.01. The highest BCUT2D eigenvalue weighted by Gasteiger charge is 2.33. The van der Waals surface area contributed by atoms with Gasteiger partial charge in [-0.05, 0) is 26.3 Å². The lowest BCUT2D eigenvalue weighted by Crippen LogP contribution is -2.34. The lowest BCUT2D eigenvalue weighted by Gasteiger charge is -2.25. The number of nitrogens with one attached hydrogen (secondary N) is 1. The lowest BCUT2D eigenvalue weighted by molar-refractivity contribution is -0.114. The van der Waals surface area contributed by atoms with Crippen molar-refractivity contribution in [3.8, 4) is 5.95 Å². The van der Waals surface area contributed by atoms with Crippen molar-refractivity contribution < 1.29 is 14.3 Å². The van der Waals surface area contributed by atoms with E-state index in [4.69, 9.17) is 14.5 Å². The minimum atomic E-state index is -0.191. The van der Waals surface area contributed by atoms with E-state index < -0.39 is 0 Å². The van der Waals surface area contributed by atoms with Crippen LogP contribution in [-0.2, 0) is 14.3 Å². The van der Waals surface area contributed by atoms with E-state index >= 15 is 0 Å². The number of nitrogens with zero attached hydrogens (tertiary/aromatic N) is 5. The molecule has 9 heteroatoms. The van der Waals surface area contributed by atoms with Gasteiger partial charge in [0, 0.05) is 39.4 Å². The van der Waals surface area contributed by atoms with E-state index in [9.17, 15) is 4.79 Å². The number of aromatic nitrogens is 4. The number of hydrogen-bond donors (Lipinski definition) is 1. The molecule has 0 bridgehead atoms. The normalized spacial score (nSPS) is 19.5. The van der Waals surface area contributed by atoms with Gasteiger partial charge in [0.25, 0.3) is 5.95 Å². The van der Waals surface area contributed by atoms with E-state index in [0.29, 0.717) is 30.7 Å². The minimum Gasteiger partial charge on any atom is -0.383 e. The molecule has 0 radical (unpaired) electrons. The fourth-order valence-electron chi connectivity index (χ4n) is 3.42. The molecule has 2 atom stereocenters. The summed E-state index contributed by atoms with van der Waals surface area (Å²) < 4.78 is 12.6. The van der Waals surface area contributed by atoms with Gasteiger partial charge in [0.1, 0.15) is 11.6 Å². The molecule has 2 aromatic heterocycles. The number of rotatable bonds is 6. The van der Waals surface area contributed by atoms with E-state index in [2.05, 4.69) is 20.3 Å². The Kier molecular flexibility index (Phi) is 5.71. The van der Waals surface area contributed by atoms with Crippen molar-refractivity contribution in [3.63, 3.8) is 0 Å². The molecule has 0 saturated carbocycles. The zero-order valence-corrected chi connectivity index (χ0v) is 16.4. The third-order valence-electron chi connectivity index (χ3n) is 4.57. The summed E-state index contributed by atoms with van der Waals surface area (Å²) in [6.07, 6.45) is 0.945. The third-order valence-corrected chi connectivity index (χ3v) is 4.57. The quantitative estimate of drug-likeness (QED) is 0.818. The Morgan fingerprint density at radius 1 is 1.30 bits per heavy atom. The zero-order chi connectivity index (χ0) is 19.6. The van der Waals surface area contributed by atoms with Crippen LogP contribution in [0.5, 0.6) is 0 Å². The first kappa shape index (κ1) is 19.2. The van der Waals surface area contributed by atoms with Gasteiger partial charge in [0.05, 0.1) is 24.4 Å². The molecule has 1 saturated heterocycles. The zero-order valence-electron chi connectivity index (χ0n) is 16.4. The van der Waals surface area contributed by atoms with Crippen LogP contribution < -0.4 is 10.2 Å². The first-order valence-electron chi connectivity index (χ1n) is 8.90. The van der Waals surface area contributed by atoms with Crippen LogP contribution in [0.3, 0.4) is 0 Å². The maximum atomic E-state index is 11.6. The van der Waals surface area contributed by atoms with Crippen molar-refractivity contribution >= 4 is 17.5 Å². The molecule has 2 aromatic rings. The molecule has 0 spiro atoms. The highest BCUT2D eigenvalue weighted by molar-refractivity contribution is 5.88. The van der Waals surface area contributed by atoms with Crippen LogP contribution in [0.25, 0.3) is 5.95 Å². The molecule has 1 fully saturated rings. The van der Waals surface area contributed by atoms with Gasteiger partial charge in [-0.2, -0.15) is 15.1 Å². The molecular weight excluding hydrogens is 348 g/mol. The molecule has 3 heterocycles. The molecule has 0 aromatic carbocycles. The monoisotopic (exact) mass is 374 g/mol. The van der Waals surface area contributed by atoms with Crippen LogP contribution in [0.1, 0.15) is 24.7 Å². The summed E-state index contributed by atoms with van der Waals surface area (Å²) in [5, 5.41) is 7.22. The van der Waals surface area contributed by atoms with Gasteiger partial charge in [0.15, 0.2) is 0 Å². The summed E-state index contributed by atoms with van der Waals surface area (Å²) in [6, 6.07) is 3.86. The number of anilines is 2. The molecule has 146 valence electrons. The molecule has 1 N–H and O–H groups in total. The van der Waals surface area contributed by atoms with Gasteiger partial charge in [-0.3, -0.25) is 4.79 Å². The Morgan fingerprint density at radius 3 is 2.67 bits per heavy atom. The number of hydrogen-bond acceptors (Lipinski definition) is 7. The van der Waals surface area contributed by atoms with Crippen molar-refractivity contribution in [2.75, 3.05) is 37.6 Å². The summed E-state index contributed by atoms with van der Waals surface area (Å²) in [5.74, 6) is 1.37. The molecule has 1 aliphatic rings. The summed E-state index contributed by atoms with van der Waals surface area (Å²) in [6.45, 7) is 6.57.